The van der Waals surface area contributed by atoms with E-state index in [2.05, 4.69) is 11.8 Å². The Morgan fingerprint density at radius 2 is 1.89 bits per heavy atom. The van der Waals surface area contributed by atoms with E-state index in [1.54, 1.807) is 0 Å². The van der Waals surface area contributed by atoms with Gasteiger partial charge in [0.1, 0.15) is 5.60 Å². The van der Waals surface area contributed by atoms with E-state index in [4.69, 9.17) is 4.74 Å². The van der Waals surface area contributed by atoms with Gasteiger partial charge in [0.05, 0.1) is 0 Å². The number of ether oxygens (including phenoxy) is 1. The number of carbonyl (C=O) groups is 1. The molecule has 1 saturated carbocycles. The Labute approximate surface area is 110 Å². The first-order chi connectivity index (χ1) is 8.37. The highest BCUT2D eigenvalue weighted by molar-refractivity contribution is 5.68. The quantitative estimate of drug-likeness (QED) is 0.720. The molecule has 2 aliphatic rings. The average molecular weight is 254 g/mol. The van der Waals surface area contributed by atoms with Gasteiger partial charge < -0.3 is 9.64 Å². The van der Waals surface area contributed by atoms with Crippen molar-refractivity contribution in [3.8, 4) is 0 Å². The van der Waals surface area contributed by atoms with Crippen LogP contribution in [0.15, 0.2) is 0 Å². The van der Waals surface area contributed by atoms with Gasteiger partial charge in [0.2, 0.25) is 0 Å². The van der Waals surface area contributed by atoms with Crippen LogP contribution in [0, 0.1) is 0 Å². The fourth-order valence-corrected chi connectivity index (χ4v) is 2.72. The molecular formula is C14H26N2O2. The van der Waals surface area contributed by atoms with Crippen molar-refractivity contribution >= 4 is 6.09 Å². The second-order valence-electron chi connectivity index (χ2n) is 6.60. The second kappa shape index (κ2) is 5.08. The topological polar surface area (TPSA) is 32.8 Å². The van der Waals surface area contributed by atoms with Gasteiger partial charge in [-0.3, -0.25) is 4.90 Å². The molecular weight excluding hydrogens is 228 g/mol. The monoisotopic (exact) mass is 254 g/mol. The smallest absolute Gasteiger partial charge is 0.410 e. The predicted molar refractivity (Wildman–Crippen MR) is 71.6 cm³/mol. The van der Waals surface area contributed by atoms with E-state index in [1.165, 1.54) is 19.3 Å². The fraction of sp³-hybridized carbons (Fsp3) is 0.929. The van der Waals surface area contributed by atoms with Gasteiger partial charge in [0, 0.05) is 31.7 Å². The van der Waals surface area contributed by atoms with Crippen molar-refractivity contribution in [3.05, 3.63) is 0 Å². The lowest BCUT2D eigenvalue weighted by Crippen LogP contribution is -2.58. The van der Waals surface area contributed by atoms with E-state index in [9.17, 15) is 4.79 Å². The lowest BCUT2D eigenvalue weighted by atomic mass is 9.90. The summed E-state index contributed by atoms with van der Waals surface area (Å²) in [4.78, 5) is 16.4. The summed E-state index contributed by atoms with van der Waals surface area (Å²) in [6.07, 6.45) is 3.86. The van der Waals surface area contributed by atoms with Crippen LogP contribution in [-0.4, -0.2) is 53.2 Å². The fourth-order valence-electron chi connectivity index (χ4n) is 2.72. The van der Waals surface area contributed by atoms with Crippen LogP contribution < -0.4 is 0 Å². The number of hydrogen-bond acceptors (Lipinski definition) is 3. The number of amides is 1. The van der Waals surface area contributed by atoms with Crippen molar-refractivity contribution < 1.29 is 9.53 Å². The number of piperazine rings is 1. The molecule has 0 aromatic rings. The first-order valence-electron chi connectivity index (χ1n) is 7.10. The van der Waals surface area contributed by atoms with Gasteiger partial charge in [0.25, 0.3) is 0 Å². The molecule has 0 N–H and O–H groups in total. The Balaban J connectivity index is 1.85. The molecule has 2 fully saturated rings. The lowest BCUT2D eigenvalue weighted by molar-refractivity contribution is -0.0112. The highest BCUT2D eigenvalue weighted by Crippen LogP contribution is 2.28. The van der Waals surface area contributed by atoms with Gasteiger partial charge in [-0.05, 0) is 40.5 Å². The molecule has 0 unspecified atom stereocenters. The highest BCUT2D eigenvalue weighted by atomic mass is 16.6. The predicted octanol–water partition coefficient (Wildman–Crippen LogP) is 2.48. The van der Waals surface area contributed by atoms with E-state index in [0.29, 0.717) is 6.04 Å². The Kier molecular flexibility index (Phi) is 3.85. The minimum atomic E-state index is -0.397. The van der Waals surface area contributed by atoms with Crippen molar-refractivity contribution in [1.82, 2.24) is 9.80 Å². The van der Waals surface area contributed by atoms with Crippen molar-refractivity contribution in [1.29, 1.82) is 0 Å². The molecule has 1 amide bonds. The number of carbonyl (C=O) groups excluding carboxylic acids is 1. The van der Waals surface area contributed by atoms with Gasteiger partial charge in [-0.2, -0.15) is 0 Å². The molecule has 4 nitrogen and oxygen atoms in total. The van der Waals surface area contributed by atoms with Gasteiger partial charge >= 0.3 is 6.09 Å². The summed E-state index contributed by atoms with van der Waals surface area (Å²) < 4.78 is 5.43. The molecule has 0 aromatic carbocycles. The Morgan fingerprint density at radius 3 is 2.33 bits per heavy atom. The van der Waals surface area contributed by atoms with E-state index in [0.717, 1.165) is 25.7 Å². The molecule has 1 saturated heterocycles. The molecule has 1 heterocycles. The Bertz CT molecular complexity index is 307. The summed E-state index contributed by atoms with van der Waals surface area (Å²) in [5.41, 5.74) is -0.397. The van der Waals surface area contributed by atoms with Crippen LogP contribution in [-0.2, 0) is 4.74 Å². The van der Waals surface area contributed by atoms with Crippen LogP contribution >= 0.6 is 0 Å². The van der Waals surface area contributed by atoms with Crippen molar-refractivity contribution in [3.63, 3.8) is 0 Å². The number of hydrogen-bond donors (Lipinski definition) is 0. The number of rotatable bonds is 1. The van der Waals surface area contributed by atoms with Crippen LogP contribution in [0.25, 0.3) is 0 Å². The third kappa shape index (κ3) is 3.16. The molecule has 1 atom stereocenters. The molecule has 0 bridgehead atoms. The van der Waals surface area contributed by atoms with Crippen LogP contribution in [0.4, 0.5) is 4.79 Å². The van der Waals surface area contributed by atoms with Gasteiger partial charge in [-0.25, -0.2) is 4.79 Å². The summed E-state index contributed by atoms with van der Waals surface area (Å²) in [6.45, 7) is 10.6. The standard InChI is InChI=1S/C14H26N2O2/c1-11-10-15(13(17)18-14(2,3)4)8-9-16(11)12-6-5-7-12/h11-12H,5-10H2,1-4H3/t11-/m0/s1. The number of nitrogens with zero attached hydrogens (tertiary/aromatic N) is 2. The zero-order valence-corrected chi connectivity index (χ0v) is 12.1. The van der Waals surface area contributed by atoms with E-state index in [-0.39, 0.29) is 6.09 Å². The molecule has 1 aliphatic carbocycles. The third-order valence-electron chi connectivity index (χ3n) is 3.87. The first-order valence-corrected chi connectivity index (χ1v) is 7.10. The maximum absolute atomic E-state index is 12.0. The van der Waals surface area contributed by atoms with E-state index in [1.807, 2.05) is 25.7 Å². The second-order valence-corrected chi connectivity index (χ2v) is 6.60. The van der Waals surface area contributed by atoms with Crippen LogP contribution in [0.1, 0.15) is 47.0 Å². The zero-order chi connectivity index (χ0) is 13.3. The van der Waals surface area contributed by atoms with E-state index < -0.39 is 5.60 Å². The molecule has 0 radical (unpaired) electrons. The SMILES string of the molecule is C[C@H]1CN(C(=O)OC(C)(C)C)CCN1C1CCC1. The third-order valence-corrected chi connectivity index (χ3v) is 3.87. The van der Waals surface area contributed by atoms with Gasteiger partial charge in [0.15, 0.2) is 0 Å². The zero-order valence-electron chi connectivity index (χ0n) is 12.1. The summed E-state index contributed by atoms with van der Waals surface area (Å²) in [5, 5.41) is 0. The Morgan fingerprint density at radius 1 is 1.22 bits per heavy atom. The summed E-state index contributed by atoms with van der Waals surface area (Å²) in [7, 11) is 0. The highest BCUT2D eigenvalue weighted by Gasteiger charge is 2.34. The van der Waals surface area contributed by atoms with Gasteiger partial charge in [-0.1, -0.05) is 6.42 Å². The average Bonchev–Trinajstić information content (AvgIpc) is 2.15. The van der Waals surface area contributed by atoms with Gasteiger partial charge in [-0.15, -0.1) is 0 Å². The Hall–Kier alpha value is -0.770. The first kappa shape index (κ1) is 13.7. The molecule has 4 heteroatoms. The van der Waals surface area contributed by atoms with Crippen LogP contribution in [0.3, 0.4) is 0 Å². The van der Waals surface area contributed by atoms with Crippen molar-refractivity contribution in [2.45, 2.75) is 64.6 Å². The summed E-state index contributed by atoms with van der Waals surface area (Å²) >= 11 is 0. The van der Waals surface area contributed by atoms with Crippen molar-refractivity contribution in [2.24, 2.45) is 0 Å². The van der Waals surface area contributed by atoms with Crippen molar-refractivity contribution in [2.75, 3.05) is 19.6 Å². The molecule has 1 aliphatic heterocycles. The maximum atomic E-state index is 12.0. The molecule has 0 aromatic heterocycles. The summed E-state index contributed by atoms with van der Waals surface area (Å²) in [6, 6.07) is 1.22. The van der Waals surface area contributed by atoms with E-state index >= 15 is 0 Å². The largest absolute Gasteiger partial charge is 0.444 e. The normalized spacial score (nSPS) is 26.9. The van der Waals surface area contributed by atoms with Crippen LogP contribution in [0.5, 0.6) is 0 Å². The minimum absolute atomic E-state index is 0.164. The molecule has 104 valence electrons. The lowest BCUT2D eigenvalue weighted by Gasteiger charge is -2.46. The molecule has 2 rings (SSSR count). The summed E-state index contributed by atoms with van der Waals surface area (Å²) in [5.74, 6) is 0. The maximum Gasteiger partial charge on any atom is 0.410 e. The minimum Gasteiger partial charge on any atom is -0.444 e. The molecule has 0 spiro atoms. The molecule has 18 heavy (non-hydrogen) atoms. The van der Waals surface area contributed by atoms with Crippen LogP contribution in [0.2, 0.25) is 0 Å².